The Morgan fingerprint density at radius 2 is 1.67 bits per heavy atom. The molecule has 3 heterocycles. The van der Waals surface area contributed by atoms with Crippen LogP contribution >= 0.6 is 12.4 Å². The number of amides is 1. The maximum Gasteiger partial charge on any atom is 0.573 e. The van der Waals surface area contributed by atoms with Gasteiger partial charge in [-0.3, -0.25) is 9.20 Å². The van der Waals surface area contributed by atoms with Crippen LogP contribution in [0.25, 0.3) is 5.65 Å². The highest BCUT2D eigenvalue weighted by molar-refractivity contribution is 5.94. The maximum absolute atomic E-state index is 15.6. The summed E-state index contributed by atoms with van der Waals surface area (Å²) >= 11 is 0. The molecule has 0 unspecified atom stereocenters. The number of nitrogens with zero attached hydrogens (tertiary/aromatic N) is 4. The van der Waals surface area contributed by atoms with Crippen molar-refractivity contribution in [2.45, 2.75) is 64.0 Å². The molecule has 45 heavy (non-hydrogen) atoms. The fraction of sp³-hybridized carbons (Fsp3) is 0.375. The Morgan fingerprint density at radius 3 is 2.33 bits per heavy atom. The predicted octanol–water partition coefficient (Wildman–Crippen LogP) is 7.06. The molecular formula is C32H33ClF5N5O2. The second kappa shape index (κ2) is 13.1. The molecule has 1 aliphatic heterocycles. The number of fused-ring (bicyclic) bond motifs is 2. The zero-order valence-corrected chi connectivity index (χ0v) is 25.3. The second-order valence-corrected chi connectivity index (χ2v) is 11.1. The molecule has 1 amide bonds. The summed E-state index contributed by atoms with van der Waals surface area (Å²) < 4.78 is 72.7. The number of anilines is 2. The molecule has 2 aliphatic rings. The highest BCUT2D eigenvalue weighted by atomic mass is 35.5. The third-order valence-electron chi connectivity index (χ3n) is 8.46. The highest BCUT2D eigenvalue weighted by Gasteiger charge is 2.39. The van der Waals surface area contributed by atoms with Gasteiger partial charge in [0.05, 0.1) is 11.4 Å². The Labute approximate surface area is 263 Å². The Kier molecular flexibility index (Phi) is 9.43. The van der Waals surface area contributed by atoms with Crippen LogP contribution in [0.3, 0.4) is 0 Å². The van der Waals surface area contributed by atoms with Crippen molar-refractivity contribution in [1.29, 1.82) is 0 Å². The first kappa shape index (κ1) is 32.3. The number of benzene rings is 2. The average molecular weight is 650 g/mol. The number of aromatic nitrogens is 2. The Morgan fingerprint density at radius 1 is 0.978 bits per heavy atom. The van der Waals surface area contributed by atoms with E-state index in [1.54, 1.807) is 28.7 Å². The maximum atomic E-state index is 15.6. The van der Waals surface area contributed by atoms with Crippen molar-refractivity contribution in [2.24, 2.45) is 0 Å². The number of ether oxygens (including phenoxy) is 1. The molecule has 2 fully saturated rings. The molecule has 0 spiro atoms. The standard InChI is InChI=1S/C32H32F5N5O2.ClH/c1-2-25-30(42-14-13-21(33)18-29(42)39-25)31(43)38-19-20-7-12-26(24(34)17-20)41-16-15-40(27-5-3-4-6-28(27)41)22-8-10-23(11-9-22)44-32(35,36)37;/h7-14,17-18,27-28H,2-6,15-16,19H2,1H3,(H,38,43);1H/t27-,28-;/m0./s1. The zero-order chi connectivity index (χ0) is 31.0. The third kappa shape index (κ3) is 6.80. The van der Waals surface area contributed by atoms with Crippen molar-refractivity contribution in [1.82, 2.24) is 14.7 Å². The van der Waals surface area contributed by atoms with Crippen LogP contribution < -0.4 is 19.9 Å². The smallest absolute Gasteiger partial charge is 0.406 e. The first-order chi connectivity index (χ1) is 21.1. The molecule has 2 aromatic carbocycles. The molecular weight excluding hydrogens is 617 g/mol. The van der Waals surface area contributed by atoms with Crippen LogP contribution in [0.1, 0.15) is 54.4 Å². The molecule has 1 saturated heterocycles. The number of hydrogen-bond acceptors (Lipinski definition) is 5. The number of rotatable bonds is 7. The van der Waals surface area contributed by atoms with Gasteiger partial charge in [0.2, 0.25) is 0 Å². The van der Waals surface area contributed by atoms with Gasteiger partial charge >= 0.3 is 6.36 Å². The minimum Gasteiger partial charge on any atom is -0.406 e. The predicted molar refractivity (Wildman–Crippen MR) is 163 cm³/mol. The van der Waals surface area contributed by atoms with Crippen LogP contribution in [0.4, 0.5) is 33.3 Å². The molecule has 240 valence electrons. The van der Waals surface area contributed by atoms with E-state index in [-0.39, 0.29) is 48.5 Å². The van der Waals surface area contributed by atoms with E-state index in [2.05, 4.69) is 24.8 Å². The SMILES string of the molecule is CCc1nc2cc(F)ccn2c1C(=O)NCc1ccc(N2CCN(c3ccc(OC(F)(F)F)cc3)[C@H]3CCCC[C@@H]32)c(F)c1.Cl. The minimum absolute atomic E-state index is 0. The molecule has 7 nitrogen and oxygen atoms in total. The molecule has 13 heteroatoms. The van der Waals surface area contributed by atoms with E-state index in [1.165, 1.54) is 36.5 Å². The number of carbonyl (C=O) groups excluding carboxylic acids is 1. The summed E-state index contributed by atoms with van der Waals surface area (Å²) in [4.78, 5) is 21.8. The third-order valence-corrected chi connectivity index (χ3v) is 8.46. The number of imidazole rings is 1. The minimum atomic E-state index is -4.75. The fourth-order valence-corrected chi connectivity index (χ4v) is 6.54. The monoisotopic (exact) mass is 649 g/mol. The van der Waals surface area contributed by atoms with E-state index in [1.807, 2.05) is 6.92 Å². The second-order valence-electron chi connectivity index (χ2n) is 11.1. The summed E-state index contributed by atoms with van der Waals surface area (Å²) in [5, 5.41) is 2.84. The highest BCUT2D eigenvalue weighted by Crippen LogP contribution is 2.37. The van der Waals surface area contributed by atoms with Crippen LogP contribution in [0.2, 0.25) is 0 Å². The number of piperazine rings is 1. The number of pyridine rings is 1. The average Bonchev–Trinajstić information content (AvgIpc) is 3.37. The number of halogens is 6. The van der Waals surface area contributed by atoms with Crippen LogP contribution in [0.5, 0.6) is 5.75 Å². The van der Waals surface area contributed by atoms with Crippen LogP contribution in [-0.4, -0.2) is 46.8 Å². The van der Waals surface area contributed by atoms with Crippen molar-refractivity contribution in [3.8, 4) is 5.75 Å². The summed E-state index contributed by atoms with van der Waals surface area (Å²) in [6, 6.07) is 13.6. The van der Waals surface area contributed by atoms with Gasteiger partial charge in [-0.15, -0.1) is 25.6 Å². The molecule has 1 aliphatic carbocycles. The molecule has 1 saturated carbocycles. The van der Waals surface area contributed by atoms with Gasteiger partial charge in [-0.25, -0.2) is 13.8 Å². The lowest BCUT2D eigenvalue weighted by molar-refractivity contribution is -0.274. The van der Waals surface area contributed by atoms with Gasteiger partial charge < -0.3 is 19.9 Å². The summed E-state index contributed by atoms with van der Waals surface area (Å²) in [6.07, 6.45) is 0.995. The number of carbonyl (C=O) groups is 1. The van der Waals surface area contributed by atoms with Gasteiger partial charge in [0.25, 0.3) is 5.91 Å². The Balaban J connectivity index is 0.00000400. The summed E-state index contributed by atoms with van der Waals surface area (Å²) in [6.45, 7) is 3.09. The van der Waals surface area contributed by atoms with E-state index in [0.717, 1.165) is 31.4 Å². The normalized spacial score (nSPS) is 18.4. The quantitative estimate of drug-likeness (QED) is 0.217. The summed E-state index contributed by atoms with van der Waals surface area (Å²) in [7, 11) is 0. The molecule has 2 atom stereocenters. The lowest BCUT2D eigenvalue weighted by Crippen LogP contribution is -2.61. The molecule has 6 rings (SSSR count). The lowest BCUT2D eigenvalue weighted by atomic mass is 9.85. The number of aryl methyl sites for hydroxylation is 1. The van der Waals surface area contributed by atoms with Crippen molar-refractivity contribution >= 4 is 35.3 Å². The van der Waals surface area contributed by atoms with E-state index < -0.39 is 12.2 Å². The Hall–Kier alpha value is -4.06. The first-order valence-electron chi connectivity index (χ1n) is 14.7. The van der Waals surface area contributed by atoms with Gasteiger partial charge in [-0.05, 0) is 67.3 Å². The molecule has 0 radical (unpaired) electrons. The van der Waals surface area contributed by atoms with E-state index in [4.69, 9.17) is 0 Å². The zero-order valence-electron chi connectivity index (χ0n) is 24.5. The number of nitrogens with one attached hydrogen (secondary N) is 1. The van der Waals surface area contributed by atoms with Crippen LogP contribution in [-0.2, 0) is 13.0 Å². The van der Waals surface area contributed by atoms with Crippen molar-refractivity contribution < 1.29 is 31.5 Å². The largest absolute Gasteiger partial charge is 0.573 e. The molecule has 1 N–H and O–H groups in total. The molecule has 4 aromatic rings. The van der Waals surface area contributed by atoms with Crippen molar-refractivity contribution in [2.75, 3.05) is 22.9 Å². The summed E-state index contributed by atoms with van der Waals surface area (Å²) in [5.41, 5.74) is 3.10. The van der Waals surface area contributed by atoms with Crippen molar-refractivity contribution in [3.05, 3.63) is 89.4 Å². The number of alkyl halides is 3. The van der Waals surface area contributed by atoms with E-state index in [0.29, 0.717) is 47.8 Å². The van der Waals surface area contributed by atoms with E-state index in [9.17, 15) is 22.4 Å². The van der Waals surface area contributed by atoms with Gasteiger partial charge in [0.15, 0.2) is 0 Å². The Bertz CT molecular complexity index is 1660. The van der Waals surface area contributed by atoms with Crippen molar-refractivity contribution in [3.63, 3.8) is 0 Å². The van der Waals surface area contributed by atoms with Gasteiger partial charge in [-0.2, -0.15) is 0 Å². The molecule has 0 bridgehead atoms. The van der Waals surface area contributed by atoms with Crippen LogP contribution in [0.15, 0.2) is 60.8 Å². The first-order valence-corrected chi connectivity index (χ1v) is 14.7. The van der Waals surface area contributed by atoms with Gasteiger partial charge in [0, 0.05) is 49.7 Å². The van der Waals surface area contributed by atoms with Gasteiger partial charge in [0.1, 0.15) is 28.7 Å². The van der Waals surface area contributed by atoms with E-state index >= 15 is 4.39 Å². The van der Waals surface area contributed by atoms with Crippen LogP contribution in [0, 0.1) is 11.6 Å². The topological polar surface area (TPSA) is 62.1 Å². The summed E-state index contributed by atoms with van der Waals surface area (Å²) in [5.74, 6) is -1.48. The van der Waals surface area contributed by atoms with Gasteiger partial charge in [-0.1, -0.05) is 25.8 Å². The lowest BCUT2D eigenvalue weighted by Gasteiger charge is -2.52. The molecule has 2 aromatic heterocycles. The fourth-order valence-electron chi connectivity index (χ4n) is 6.54. The number of hydrogen-bond donors (Lipinski definition) is 1.